The average Bonchev–Trinajstić information content (AvgIpc) is 2.70. The lowest BCUT2D eigenvalue weighted by molar-refractivity contribution is -0.152. The van der Waals surface area contributed by atoms with Gasteiger partial charge in [0.1, 0.15) is 12.4 Å². The lowest BCUT2D eigenvalue weighted by atomic mass is 9.90. The zero-order chi connectivity index (χ0) is 19.0. The molecule has 2 aliphatic heterocycles. The number of morpholine rings is 1. The van der Waals surface area contributed by atoms with Gasteiger partial charge in [0.05, 0.1) is 12.2 Å². The summed E-state index contributed by atoms with van der Waals surface area (Å²) in [6, 6.07) is 8.34. The van der Waals surface area contributed by atoms with Crippen LogP contribution in [0.2, 0.25) is 0 Å². The van der Waals surface area contributed by atoms with E-state index in [0.29, 0.717) is 19.8 Å². The third-order valence-electron chi connectivity index (χ3n) is 5.30. The van der Waals surface area contributed by atoms with Crippen LogP contribution in [-0.2, 0) is 20.8 Å². The van der Waals surface area contributed by atoms with Gasteiger partial charge in [0.2, 0.25) is 0 Å². The number of nitrogens with one attached hydrogen (secondary N) is 1. The highest BCUT2D eigenvalue weighted by Gasteiger charge is 2.36. The van der Waals surface area contributed by atoms with Crippen LogP contribution in [0.15, 0.2) is 24.3 Å². The SMILES string of the molecule is CCOC(COc1cccc(CN2CCC3(CC2)CNCCO3)c1)OCC. The van der Waals surface area contributed by atoms with Gasteiger partial charge in [-0.25, -0.2) is 0 Å². The van der Waals surface area contributed by atoms with Crippen LogP contribution in [0.4, 0.5) is 0 Å². The summed E-state index contributed by atoms with van der Waals surface area (Å²) in [5, 5.41) is 3.48. The smallest absolute Gasteiger partial charge is 0.191 e. The van der Waals surface area contributed by atoms with Gasteiger partial charge < -0.3 is 24.3 Å². The first kappa shape index (κ1) is 20.6. The number of likely N-dealkylation sites (tertiary alicyclic amines) is 1. The highest BCUT2D eigenvalue weighted by Crippen LogP contribution is 2.28. The van der Waals surface area contributed by atoms with Crippen molar-refractivity contribution in [2.75, 3.05) is 52.6 Å². The minimum atomic E-state index is -0.314. The molecule has 0 bridgehead atoms. The van der Waals surface area contributed by atoms with Crippen molar-refractivity contribution in [3.63, 3.8) is 0 Å². The van der Waals surface area contributed by atoms with Crippen molar-refractivity contribution in [3.05, 3.63) is 29.8 Å². The van der Waals surface area contributed by atoms with Gasteiger partial charge >= 0.3 is 0 Å². The molecule has 0 saturated carbocycles. The molecular formula is C21H34N2O4. The van der Waals surface area contributed by atoms with Crippen molar-refractivity contribution in [2.45, 2.75) is 45.1 Å². The first-order valence-electron chi connectivity index (χ1n) is 10.2. The molecular weight excluding hydrogens is 344 g/mol. The monoisotopic (exact) mass is 378 g/mol. The number of nitrogens with zero attached hydrogens (tertiary/aromatic N) is 1. The molecule has 2 aliphatic rings. The van der Waals surface area contributed by atoms with E-state index in [1.54, 1.807) is 0 Å². The Bertz CT molecular complexity index is 547. The molecule has 2 saturated heterocycles. The second-order valence-corrected chi connectivity index (χ2v) is 7.28. The quantitative estimate of drug-likeness (QED) is 0.666. The van der Waals surface area contributed by atoms with Gasteiger partial charge in [-0.05, 0) is 44.4 Å². The molecule has 2 fully saturated rings. The number of piperidine rings is 1. The largest absolute Gasteiger partial charge is 0.488 e. The third-order valence-corrected chi connectivity index (χ3v) is 5.30. The fraction of sp³-hybridized carbons (Fsp3) is 0.714. The second-order valence-electron chi connectivity index (χ2n) is 7.28. The summed E-state index contributed by atoms with van der Waals surface area (Å²) in [4.78, 5) is 2.51. The number of hydrogen-bond donors (Lipinski definition) is 1. The summed E-state index contributed by atoms with van der Waals surface area (Å²) in [6.07, 6.45) is 1.88. The van der Waals surface area contributed by atoms with Gasteiger partial charge in [0.15, 0.2) is 6.29 Å². The number of ether oxygens (including phenoxy) is 4. The molecule has 0 unspecified atom stereocenters. The van der Waals surface area contributed by atoms with Crippen LogP contribution in [0.5, 0.6) is 5.75 Å². The lowest BCUT2D eigenvalue weighted by Crippen LogP contribution is -2.55. The Morgan fingerprint density at radius 1 is 1.19 bits per heavy atom. The van der Waals surface area contributed by atoms with Crippen LogP contribution in [0, 0.1) is 0 Å². The highest BCUT2D eigenvalue weighted by atomic mass is 16.7. The van der Waals surface area contributed by atoms with Crippen LogP contribution in [0.3, 0.4) is 0 Å². The molecule has 1 N–H and O–H groups in total. The zero-order valence-corrected chi connectivity index (χ0v) is 16.7. The van der Waals surface area contributed by atoms with Crippen LogP contribution < -0.4 is 10.1 Å². The average molecular weight is 379 g/mol. The van der Waals surface area contributed by atoms with Crippen molar-refractivity contribution in [2.24, 2.45) is 0 Å². The number of hydrogen-bond acceptors (Lipinski definition) is 6. The molecule has 0 radical (unpaired) electrons. The molecule has 3 rings (SSSR count). The molecule has 1 aromatic carbocycles. The molecule has 0 aromatic heterocycles. The Kier molecular flexibility index (Phi) is 7.91. The summed E-state index contributed by atoms with van der Waals surface area (Å²) in [7, 11) is 0. The van der Waals surface area contributed by atoms with E-state index in [-0.39, 0.29) is 11.9 Å². The normalized spacial score (nSPS) is 20.3. The van der Waals surface area contributed by atoms with Crippen LogP contribution in [-0.4, -0.2) is 69.4 Å². The van der Waals surface area contributed by atoms with E-state index in [4.69, 9.17) is 18.9 Å². The van der Waals surface area contributed by atoms with Crippen LogP contribution in [0.25, 0.3) is 0 Å². The Hall–Kier alpha value is -1.18. The summed E-state index contributed by atoms with van der Waals surface area (Å²) in [6.45, 7) is 11.5. The van der Waals surface area contributed by atoms with Crippen molar-refractivity contribution in [1.82, 2.24) is 10.2 Å². The van der Waals surface area contributed by atoms with Crippen LogP contribution >= 0.6 is 0 Å². The maximum Gasteiger partial charge on any atom is 0.191 e. The molecule has 6 heteroatoms. The fourth-order valence-electron chi connectivity index (χ4n) is 3.82. The van der Waals surface area contributed by atoms with E-state index in [0.717, 1.165) is 57.9 Å². The molecule has 1 aromatic rings. The van der Waals surface area contributed by atoms with Gasteiger partial charge in [-0.15, -0.1) is 0 Å². The fourth-order valence-corrected chi connectivity index (χ4v) is 3.82. The van der Waals surface area contributed by atoms with Crippen molar-refractivity contribution >= 4 is 0 Å². The van der Waals surface area contributed by atoms with Crippen molar-refractivity contribution < 1.29 is 18.9 Å². The van der Waals surface area contributed by atoms with Gasteiger partial charge in [0, 0.05) is 45.9 Å². The predicted molar refractivity (Wildman–Crippen MR) is 105 cm³/mol. The Morgan fingerprint density at radius 3 is 2.63 bits per heavy atom. The molecule has 1 spiro atoms. The summed E-state index contributed by atoms with van der Waals surface area (Å²) >= 11 is 0. The summed E-state index contributed by atoms with van der Waals surface area (Å²) in [5.74, 6) is 0.866. The van der Waals surface area contributed by atoms with E-state index in [1.165, 1.54) is 5.56 Å². The minimum absolute atomic E-state index is 0.0628. The summed E-state index contributed by atoms with van der Waals surface area (Å²) in [5.41, 5.74) is 1.34. The molecule has 6 nitrogen and oxygen atoms in total. The van der Waals surface area contributed by atoms with E-state index in [2.05, 4.69) is 28.4 Å². The zero-order valence-electron chi connectivity index (χ0n) is 16.7. The number of rotatable bonds is 9. The van der Waals surface area contributed by atoms with Crippen LogP contribution in [0.1, 0.15) is 32.3 Å². The predicted octanol–water partition coefficient (Wildman–Crippen LogP) is 2.42. The highest BCUT2D eigenvalue weighted by molar-refractivity contribution is 5.28. The molecule has 0 aliphatic carbocycles. The molecule has 152 valence electrons. The molecule has 27 heavy (non-hydrogen) atoms. The van der Waals surface area contributed by atoms with Gasteiger partial charge in [-0.2, -0.15) is 0 Å². The van der Waals surface area contributed by atoms with E-state index >= 15 is 0 Å². The van der Waals surface area contributed by atoms with Crippen molar-refractivity contribution in [1.29, 1.82) is 0 Å². The first-order chi connectivity index (χ1) is 13.2. The second kappa shape index (κ2) is 10.4. The molecule has 0 amide bonds. The van der Waals surface area contributed by atoms with Gasteiger partial charge in [-0.1, -0.05) is 12.1 Å². The molecule has 0 atom stereocenters. The van der Waals surface area contributed by atoms with Gasteiger partial charge in [-0.3, -0.25) is 4.90 Å². The van der Waals surface area contributed by atoms with E-state index < -0.39 is 0 Å². The first-order valence-corrected chi connectivity index (χ1v) is 10.2. The standard InChI is InChI=1S/C21H34N2O4/c1-3-24-20(25-4-2)16-26-19-7-5-6-18(14-19)15-23-11-8-21(9-12-23)17-22-10-13-27-21/h5-7,14,20,22H,3-4,8-13,15-17H2,1-2H3. The Labute approximate surface area is 163 Å². The third kappa shape index (κ3) is 6.16. The van der Waals surface area contributed by atoms with Gasteiger partial charge in [0.25, 0.3) is 0 Å². The lowest BCUT2D eigenvalue weighted by Gasteiger charge is -2.44. The maximum atomic E-state index is 6.09. The molecule has 2 heterocycles. The topological polar surface area (TPSA) is 52.2 Å². The van der Waals surface area contributed by atoms with E-state index in [1.807, 2.05) is 19.9 Å². The summed E-state index contributed by atoms with van der Waals surface area (Å²) < 4.78 is 23.1. The Balaban J connectivity index is 1.47. The van der Waals surface area contributed by atoms with E-state index in [9.17, 15) is 0 Å². The van der Waals surface area contributed by atoms with Crippen molar-refractivity contribution in [3.8, 4) is 5.75 Å². The maximum absolute atomic E-state index is 6.09. The number of benzene rings is 1. The Morgan fingerprint density at radius 2 is 1.96 bits per heavy atom. The minimum Gasteiger partial charge on any atom is -0.488 e.